The molecule has 0 unspecified atom stereocenters. The van der Waals surface area contributed by atoms with Crippen LogP contribution in [0.25, 0.3) is 0 Å². The van der Waals surface area contributed by atoms with Crippen LogP contribution in [-0.4, -0.2) is 33.8 Å². The molecule has 0 amide bonds. The third-order valence-corrected chi connectivity index (χ3v) is 7.28. The van der Waals surface area contributed by atoms with Crippen LogP contribution in [0.3, 0.4) is 0 Å². The molecule has 0 radical (unpaired) electrons. The van der Waals surface area contributed by atoms with Crippen molar-refractivity contribution in [2.24, 2.45) is 12.0 Å². The first kappa shape index (κ1) is 24.7. The summed E-state index contributed by atoms with van der Waals surface area (Å²) < 4.78 is 2.00. The number of hydrogen-bond acceptors (Lipinski definition) is 4. The van der Waals surface area contributed by atoms with Gasteiger partial charge in [-0.2, -0.15) is 0 Å². The molecule has 6 nitrogen and oxygen atoms in total. The maximum Gasteiger partial charge on any atom is 0.191 e. The van der Waals surface area contributed by atoms with E-state index >= 15 is 0 Å². The number of rotatable bonds is 8. The Labute approximate surface area is 212 Å². The van der Waals surface area contributed by atoms with Crippen LogP contribution in [-0.2, 0) is 25.4 Å². The third-order valence-electron chi connectivity index (χ3n) is 6.35. The maximum atomic E-state index is 4.85. The summed E-state index contributed by atoms with van der Waals surface area (Å²) in [4.78, 5) is 6.23. The van der Waals surface area contributed by atoms with Gasteiger partial charge in [0.15, 0.2) is 11.8 Å². The number of aliphatic imine (C=N–C) groups is 1. The van der Waals surface area contributed by atoms with Gasteiger partial charge in [0.1, 0.15) is 12.4 Å². The lowest BCUT2D eigenvalue weighted by Crippen LogP contribution is -2.45. The third kappa shape index (κ3) is 6.10. The summed E-state index contributed by atoms with van der Waals surface area (Å²) in [6.45, 7) is 4.20. The number of nitrogens with zero attached hydrogens (tertiary/aromatic N) is 4. The summed E-state index contributed by atoms with van der Waals surface area (Å²) in [7, 11) is 1.99. The van der Waals surface area contributed by atoms with Gasteiger partial charge in [-0.1, -0.05) is 49.2 Å². The Hall–Kier alpha value is -1.94. The van der Waals surface area contributed by atoms with Gasteiger partial charge >= 0.3 is 0 Å². The first-order valence-electron chi connectivity index (χ1n) is 11.1. The van der Waals surface area contributed by atoms with E-state index in [0.717, 1.165) is 37.1 Å². The molecular weight excluding hydrogens is 531 g/mol. The molecule has 3 aromatic rings. The van der Waals surface area contributed by atoms with E-state index in [2.05, 4.69) is 68.7 Å². The predicted molar refractivity (Wildman–Crippen MR) is 143 cm³/mol. The van der Waals surface area contributed by atoms with Gasteiger partial charge in [0.2, 0.25) is 0 Å². The number of halogens is 1. The monoisotopic (exact) mass is 564 g/mol. The van der Waals surface area contributed by atoms with Crippen molar-refractivity contribution in [3.63, 3.8) is 0 Å². The van der Waals surface area contributed by atoms with E-state index in [1.807, 2.05) is 18.5 Å². The summed E-state index contributed by atoms with van der Waals surface area (Å²) >= 11 is 1.80. The lowest BCUT2D eigenvalue weighted by molar-refractivity contribution is 0.431. The molecule has 2 heterocycles. The van der Waals surface area contributed by atoms with E-state index in [0.29, 0.717) is 6.54 Å². The largest absolute Gasteiger partial charge is 0.356 e. The average Bonchev–Trinajstić information content (AvgIpc) is 3.55. The van der Waals surface area contributed by atoms with E-state index in [1.54, 1.807) is 11.3 Å². The molecule has 1 saturated carbocycles. The van der Waals surface area contributed by atoms with Crippen LogP contribution in [0.1, 0.15) is 47.8 Å². The summed E-state index contributed by atoms with van der Waals surface area (Å²) in [5.74, 6) is 2.62. The summed E-state index contributed by atoms with van der Waals surface area (Å²) in [5, 5.41) is 17.7. The second kappa shape index (κ2) is 11.8. The highest BCUT2D eigenvalue weighted by atomic mass is 127. The average molecular weight is 565 g/mol. The molecule has 0 aliphatic heterocycles. The molecule has 4 rings (SSSR count). The molecule has 0 spiro atoms. The topological polar surface area (TPSA) is 67.1 Å². The zero-order valence-electron chi connectivity index (χ0n) is 18.9. The van der Waals surface area contributed by atoms with Crippen molar-refractivity contribution in [2.45, 2.75) is 51.0 Å². The van der Waals surface area contributed by atoms with Crippen molar-refractivity contribution < 1.29 is 0 Å². The smallest absolute Gasteiger partial charge is 0.191 e. The molecule has 1 aromatic carbocycles. The van der Waals surface area contributed by atoms with Crippen molar-refractivity contribution in [1.82, 2.24) is 25.4 Å². The minimum Gasteiger partial charge on any atom is -0.356 e. The van der Waals surface area contributed by atoms with Gasteiger partial charge in [-0.25, -0.2) is 4.99 Å². The molecule has 2 aromatic heterocycles. The van der Waals surface area contributed by atoms with Crippen molar-refractivity contribution in [1.29, 1.82) is 0 Å². The number of guanidine groups is 1. The first-order chi connectivity index (χ1) is 15.2. The number of thiophene rings is 1. The van der Waals surface area contributed by atoms with E-state index in [9.17, 15) is 0 Å². The van der Waals surface area contributed by atoms with Gasteiger partial charge in [0, 0.05) is 30.4 Å². The number of benzene rings is 1. The molecule has 2 N–H and O–H groups in total. The number of aromatic nitrogens is 3. The van der Waals surface area contributed by atoms with E-state index in [1.165, 1.54) is 36.1 Å². The Morgan fingerprint density at radius 2 is 1.88 bits per heavy atom. The van der Waals surface area contributed by atoms with Crippen molar-refractivity contribution in [2.75, 3.05) is 13.1 Å². The van der Waals surface area contributed by atoms with Gasteiger partial charge in [0.25, 0.3) is 0 Å². The second-order valence-electron chi connectivity index (χ2n) is 8.35. The molecule has 0 atom stereocenters. The standard InChI is InChI=1S/C24H32N6S.HI/c1-19-28-29-22(30(19)2)17-26-23(25-15-12-21-11-8-16-31-21)27-18-24(13-6-7-14-24)20-9-4-3-5-10-20;/h3-5,8-11,16H,6-7,12-15,17-18H2,1-2H3,(H2,25,26,27);1H. The predicted octanol–water partition coefficient (Wildman–Crippen LogP) is 4.59. The number of nitrogens with one attached hydrogen (secondary N) is 2. The van der Waals surface area contributed by atoms with Crippen LogP contribution < -0.4 is 10.6 Å². The van der Waals surface area contributed by atoms with Crippen LogP contribution in [0.4, 0.5) is 0 Å². The normalized spacial score (nSPS) is 15.4. The fourth-order valence-corrected chi connectivity index (χ4v) is 5.04. The number of hydrogen-bond donors (Lipinski definition) is 2. The zero-order valence-corrected chi connectivity index (χ0v) is 22.0. The van der Waals surface area contributed by atoms with Gasteiger partial charge in [0.05, 0.1) is 0 Å². The van der Waals surface area contributed by atoms with Crippen LogP contribution in [0.15, 0.2) is 52.8 Å². The SMILES string of the molecule is Cc1nnc(CN=C(NCCc2cccs2)NCC2(c3ccccc3)CCCC2)n1C.I. The molecule has 8 heteroatoms. The Morgan fingerprint density at radius 1 is 1.09 bits per heavy atom. The van der Waals surface area contributed by atoms with Gasteiger partial charge in [-0.3, -0.25) is 0 Å². The van der Waals surface area contributed by atoms with E-state index in [4.69, 9.17) is 4.99 Å². The Kier molecular flexibility index (Phi) is 9.10. The fraction of sp³-hybridized carbons (Fsp3) is 0.458. The van der Waals surface area contributed by atoms with Gasteiger partial charge in [-0.05, 0) is 43.2 Å². The fourth-order valence-electron chi connectivity index (χ4n) is 4.34. The van der Waals surface area contributed by atoms with Crippen LogP contribution in [0.5, 0.6) is 0 Å². The minimum atomic E-state index is 0. The van der Waals surface area contributed by atoms with Gasteiger partial charge < -0.3 is 15.2 Å². The lowest BCUT2D eigenvalue weighted by atomic mass is 9.79. The van der Waals surface area contributed by atoms with E-state index in [-0.39, 0.29) is 29.4 Å². The van der Waals surface area contributed by atoms with Crippen LogP contribution in [0.2, 0.25) is 0 Å². The Morgan fingerprint density at radius 3 is 2.53 bits per heavy atom. The van der Waals surface area contributed by atoms with E-state index < -0.39 is 0 Å². The van der Waals surface area contributed by atoms with Crippen molar-refractivity contribution in [3.05, 3.63) is 69.9 Å². The second-order valence-corrected chi connectivity index (χ2v) is 9.38. The van der Waals surface area contributed by atoms with Crippen LogP contribution >= 0.6 is 35.3 Å². The molecule has 1 aliphatic rings. The zero-order chi connectivity index (χ0) is 21.5. The number of aryl methyl sites for hydroxylation is 1. The molecular formula is C24H33IN6S. The highest BCUT2D eigenvalue weighted by molar-refractivity contribution is 14.0. The maximum absolute atomic E-state index is 4.85. The molecule has 1 aliphatic carbocycles. The van der Waals surface area contributed by atoms with Crippen molar-refractivity contribution >= 4 is 41.3 Å². The van der Waals surface area contributed by atoms with Crippen LogP contribution in [0, 0.1) is 6.92 Å². The molecule has 0 bridgehead atoms. The highest BCUT2D eigenvalue weighted by Gasteiger charge is 2.35. The molecule has 172 valence electrons. The Bertz CT molecular complexity index is 977. The first-order valence-corrected chi connectivity index (χ1v) is 12.0. The Balaban J connectivity index is 0.00000289. The molecule has 32 heavy (non-hydrogen) atoms. The summed E-state index contributed by atoms with van der Waals surface area (Å²) in [5.41, 5.74) is 1.61. The highest BCUT2D eigenvalue weighted by Crippen LogP contribution is 2.40. The summed E-state index contributed by atoms with van der Waals surface area (Å²) in [6.07, 6.45) is 6.00. The molecule has 1 fully saturated rings. The minimum absolute atomic E-state index is 0. The lowest BCUT2D eigenvalue weighted by Gasteiger charge is -2.31. The van der Waals surface area contributed by atoms with Crippen molar-refractivity contribution in [3.8, 4) is 0 Å². The quantitative estimate of drug-likeness (QED) is 0.239. The van der Waals surface area contributed by atoms with Gasteiger partial charge in [-0.15, -0.1) is 45.5 Å². The molecule has 0 saturated heterocycles. The summed E-state index contributed by atoms with van der Waals surface area (Å²) in [6, 6.07) is 15.2.